The first-order valence-electron chi connectivity index (χ1n) is 7.67. The zero-order valence-corrected chi connectivity index (χ0v) is 14.9. The fourth-order valence-electron chi connectivity index (χ4n) is 2.00. The van der Waals surface area contributed by atoms with E-state index < -0.39 is 11.2 Å². The van der Waals surface area contributed by atoms with Crippen molar-refractivity contribution in [1.29, 1.82) is 0 Å². The van der Waals surface area contributed by atoms with E-state index in [2.05, 4.69) is 0 Å². The number of carbonyl (C=O) groups is 2. The Bertz CT molecular complexity index is 580. The Morgan fingerprint density at radius 2 is 1.39 bits per heavy atom. The number of nitrogen functional groups attached to an aromatic ring is 1. The number of esters is 2. The van der Waals surface area contributed by atoms with Crippen LogP contribution in [0.15, 0.2) is 18.2 Å². The van der Waals surface area contributed by atoms with Gasteiger partial charge in [-0.3, -0.25) is 9.59 Å². The minimum atomic E-state index is -0.542. The van der Waals surface area contributed by atoms with Crippen molar-refractivity contribution in [3.63, 3.8) is 0 Å². The van der Waals surface area contributed by atoms with E-state index in [-0.39, 0.29) is 24.8 Å². The molecule has 5 nitrogen and oxygen atoms in total. The smallest absolute Gasteiger partial charge is 0.310 e. The number of hydrogen-bond donors (Lipinski definition) is 1. The SMILES string of the molecule is CC(C)(C)OC(=O)Cc1ccc(N)c(CC(=O)OC(C)(C)C)c1. The Morgan fingerprint density at radius 3 is 1.87 bits per heavy atom. The van der Waals surface area contributed by atoms with Gasteiger partial charge in [0, 0.05) is 5.69 Å². The summed E-state index contributed by atoms with van der Waals surface area (Å²) in [6.45, 7) is 10.9. The molecule has 128 valence electrons. The third kappa shape index (κ3) is 7.68. The van der Waals surface area contributed by atoms with Gasteiger partial charge < -0.3 is 15.2 Å². The molecule has 5 heteroatoms. The lowest BCUT2D eigenvalue weighted by Crippen LogP contribution is -2.25. The summed E-state index contributed by atoms with van der Waals surface area (Å²) in [6.07, 6.45) is 0.212. The van der Waals surface area contributed by atoms with E-state index >= 15 is 0 Å². The molecule has 0 aliphatic carbocycles. The van der Waals surface area contributed by atoms with E-state index in [0.29, 0.717) is 11.3 Å². The highest BCUT2D eigenvalue weighted by Crippen LogP contribution is 2.18. The molecule has 0 heterocycles. The van der Waals surface area contributed by atoms with Gasteiger partial charge in [-0.15, -0.1) is 0 Å². The monoisotopic (exact) mass is 321 g/mol. The summed E-state index contributed by atoms with van der Waals surface area (Å²) in [5.41, 5.74) is 6.76. The lowest BCUT2D eigenvalue weighted by Gasteiger charge is -2.20. The van der Waals surface area contributed by atoms with Crippen LogP contribution in [-0.4, -0.2) is 23.1 Å². The van der Waals surface area contributed by atoms with Crippen LogP contribution in [0.3, 0.4) is 0 Å². The molecule has 0 unspecified atom stereocenters. The average Bonchev–Trinajstić information content (AvgIpc) is 2.28. The second-order valence-electron chi connectivity index (χ2n) is 7.56. The molecule has 2 N–H and O–H groups in total. The zero-order valence-electron chi connectivity index (χ0n) is 14.9. The van der Waals surface area contributed by atoms with Crippen molar-refractivity contribution < 1.29 is 19.1 Å². The third-order valence-corrected chi connectivity index (χ3v) is 2.73. The highest BCUT2D eigenvalue weighted by Gasteiger charge is 2.19. The van der Waals surface area contributed by atoms with E-state index in [9.17, 15) is 9.59 Å². The standard InChI is InChI=1S/C18H27NO4/c1-17(2,3)22-15(20)10-12-7-8-14(19)13(9-12)11-16(21)23-18(4,5)6/h7-9H,10-11,19H2,1-6H3. The fourth-order valence-corrected chi connectivity index (χ4v) is 2.00. The van der Waals surface area contributed by atoms with Gasteiger partial charge in [-0.1, -0.05) is 12.1 Å². The molecule has 0 radical (unpaired) electrons. The number of carbonyl (C=O) groups excluding carboxylic acids is 2. The molecular weight excluding hydrogens is 294 g/mol. The summed E-state index contributed by atoms with van der Waals surface area (Å²) in [5.74, 6) is -0.663. The minimum Gasteiger partial charge on any atom is -0.460 e. The van der Waals surface area contributed by atoms with Gasteiger partial charge in [0.15, 0.2) is 0 Å². The van der Waals surface area contributed by atoms with Crippen LogP contribution in [0, 0.1) is 0 Å². The first-order chi connectivity index (χ1) is 10.4. The second-order valence-corrected chi connectivity index (χ2v) is 7.56. The summed E-state index contributed by atoms with van der Waals surface area (Å²) in [7, 11) is 0. The van der Waals surface area contributed by atoms with Gasteiger partial charge in [-0.25, -0.2) is 0 Å². The molecule has 0 atom stereocenters. The van der Waals surface area contributed by atoms with Crippen LogP contribution in [0.1, 0.15) is 52.7 Å². The highest BCUT2D eigenvalue weighted by molar-refractivity contribution is 5.77. The first-order valence-corrected chi connectivity index (χ1v) is 7.67. The number of ether oxygens (including phenoxy) is 2. The predicted molar refractivity (Wildman–Crippen MR) is 90.0 cm³/mol. The molecule has 0 fully saturated rings. The topological polar surface area (TPSA) is 78.6 Å². The van der Waals surface area contributed by atoms with Gasteiger partial charge in [0.2, 0.25) is 0 Å². The van der Waals surface area contributed by atoms with Crippen molar-refractivity contribution in [2.45, 2.75) is 65.6 Å². The number of hydrogen-bond acceptors (Lipinski definition) is 5. The van der Waals surface area contributed by atoms with Gasteiger partial charge >= 0.3 is 11.9 Å². The van der Waals surface area contributed by atoms with Crippen molar-refractivity contribution >= 4 is 17.6 Å². The van der Waals surface area contributed by atoms with E-state index in [1.54, 1.807) is 18.2 Å². The van der Waals surface area contributed by atoms with E-state index in [1.807, 2.05) is 41.5 Å². The molecule has 0 saturated heterocycles. The summed E-state index contributed by atoms with van der Waals surface area (Å²) in [5, 5.41) is 0. The first kappa shape index (κ1) is 19.0. The Balaban J connectivity index is 2.79. The lowest BCUT2D eigenvalue weighted by atomic mass is 10.0. The molecule has 0 amide bonds. The number of rotatable bonds is 4. The van der Waals surface area contributed by atoms with Gasteiger partial charge in [-0.2, -0.15) is 0 Å². The zero-order chi connectivity index (χ0) is 17.8. The largest absolute Gasteiger partial charge is 0.460 e. The number of anilines is 1. The molecule has 1 aromatic rings. The quantitative estimate of drug-likeness (QED) is 0.681. The van der Waals surface area contributed by atoms with Crippen LogP contribution in [0.5, 0.6) is 0 Å². The van der Waals surface area contributed by atoms with Crippen LogP contribution in [0.25, 0.3) is 0 Å². The fraction of sp³-hybridized carbons (Fsp3) is 0.556. The Morgan fingerprint density at radius 1 is 0.913 bits per heavy atom. The summed E-state index contributed by atoms with van der Waals surface area (Å²) < 4.78 is 10.6. The molecule has 0 aliphatic rings. The molecule has 23 heavy (non-hydrogen) atoms. The van der Waals surface area contributed by atoms with E-state index in [4.69, 9.17) is 15.2 Å². The normalized spacial score (nSPS) is 11.9. The van der Waals surface area contributed by atoms with Gasteiger partial charge in [0.25, 0.3) is 0 Å². The molecule has 1 rings (SSSR count). The molecule has 0 bridgehead atoms. The molecular formula is C18H27NO4. The summed E-state index contributed by atoms with van der Waals surface area (Å²) in [4.78, 5) is 23.8. The maximum Gasteiger partial charge on any atom is 0.310 e. The van der Waals surface area contributed by atoms with Crippen molar-refractivity contribution in [3.05, 3.63) is 29.3 Å². The van der Waals surface area contributed by atoms with Crippen LogP contribution in [-0.2, 0) is 31.9 Å². The van der Waals surface area contributed by atoms with E-state index in [0.717, 1.165) is 5.56 Å². The Hall–Kier alpha value is -2.04. The van der Waals surface area contributed by atoms with Gasteiger partial charge in [0.1, 0.15) is 11.2 Å². The van der Waals surface area contributed by atoms with Gasteiger partial charge in [0.05, 0.1) is 12.8 Å². The molecule has 0 aromatic heterocycles. The van der Waals surface area contributed by atoms with Crippen molar-refractivity contribution in [3.8, 4) is 0 Å². The van der Waals surface area contributed by atoms with Crippen LogP contribution in [0.2, 0.25) is 0 Å². The van der Waals surface area contributed by atoms with Crippen molar-refractivity contribution in [2.24, 2.45) is 0 Å². The Labute approximate surface area is 138 Å². The number of nitrogens with two attached hydrogens (primary N) is 1. The third-order valence-electron chi connectivity index (χ3n) is 2.73. The summed E-state index contributed by atoms with van der Waals surface area (Å²) in [6, 6.07) is 5.21. The maximum absolute atomic E-state index is 11.9. The van der Waals surface area contributed by atoms with Crippen LogP contribution < -0.4 is 5.73 Å². The van der Waals surface area contributed by atoms with Crippen LogP contribution >= 0.6 is 0 Å². The van der Waals surface area contributed by atoms with Gasteiger partial charge in [-0.05, 0) is 58.7 Å². The Kier molecular flexibility index (Phi) is 5.81. The van der Waals surface area contributed by atoms with E-state index in [1.165, 1.54) is 0 Å². The number of benzene rings is 1. The van der Waals surface area contributed by atoms with Crippen molar-refractivity contribution in [2.75, 3.05) is 5.73 Å². The molecule has 1 aromatic carbocycles. The minimum absolute atomic E-state index is 0.0747. The molecule has 0 spiro atoms. The molecule has 0 saturated carbocycles. The predicted octanol–water partition coefficient (Wildman–Crippen LogP) is 3.04. The maximum atomic E-state index is 11.9. The average molecular weight is 321 g/mol. The lowest BCUT2D eigenvalue weighted by molar-refractivity contribution is -0.154. The second kappa shape index (κ2) is 7.02. The summed E-state index contributed by atoms with van der Waals surface area (Å²) >= 11 is 0. The van der Waals surface area contributed by atoms with Crippen molar-refractivity contribution in [1.82, 2.24) is 0 Å². The molecule has 0 aliphatic heterocycles. The van der Waals surface area contributed by atoms with Crippen LogP contribution in [0.4, 0.5) is 5.69 Å². The highest BCUT2D eigenvalue weighted by atomic mass is 16.6.